The van der Waals surface area contributed by atoms with Gasteiger partial charge in [0.05, 0.1) is 17.7 Å². The summed E-state index contributed by atoms with van der Waals surface area (Å²) in [5.74, 6) is -0.0488. The molecule has 1 saturated carbocycles. The Hall–Kier alpha value is -2.61. The van der Waals surface area contributed by atoms with E-state index in [1.807, 2.05) is 5.38 Å². The Balaban J connectivity index is 1.76. The molecular formula is C24H33N3O4S. The number of carbonyl (C=O) groups excluding carboxylic acids is 3. The van der Waals surface area contributed by atoms with Crippen LogP contribution in [0.5, 0.6) is 0 Å². The molecule has 7 nitrogen and oxygen atoms in total. The fourth-order valence-corrected chi connectivity index (χ4v) is 4.59. The van der Waals surface area contributed by atoms with Crippen molar-refractivity contribution in [3.63, 3.8) is 0 Å². The number of nitrogens with one attached hydrogen (secondary N) is 2. The molecule has 0 bridgehead atoms. The van der Waals surface area contributed by atoms with E-state index in [0.717, 1.165) is 32.1 Å². The molecule has 3 rings (SSSR count). The van der Waals surface area contributed by atoms with Crippen LogP contribution in [0.4, 0.5) is 0 Å². The van der Waals surface area contributed by atoms with Gasteiger partial charge in [0.25, 0.3) is 11.8 Å². The smallest absolute Gasteiger partial charge is 0.261 e. The normalized spacial score (nSPS) is 15.3. The summed E-state index contributed by atoms with van der Waals surface area (Å²) in [6.07, 6.45) is 7.54. The summed E-state index contributed by atoms with van der Waals surface area (Å²) in [6, 6.07) is 6.21. The van der Waals surface area contributed by atoms with Gasteiger partial charge in [-0.2, -0.15) is 0 Å². The number of thiophene rings is 1. The summed E-state index contributed by atoms with van der Waals surface area (Å²) in [7, 11) is 0. The maximum Gasteiger partial charge on any atom is 0.261 e. The zero-order chi connectivity index (χ0) is 22.9. The van der Waals surface area contributed by atoms with Crippen LogP contribution in [0.3, 0.4) is 0 Å². The second-order valence-electron chi connectivity index (χ2n) is 8.69. The minimum atomic E-state index is -0.864. The first kappa shape index (κ1) is 24.0. The maximum absolute atomic E-state index is 13.4. The van der Waals surface area contributed by atoms with Crippen molar-refractivity contribution in [2.45, 2.75) is 64.5 Å². The lowest BCUT2D eigenvalue weighted by Gasteiger charge is -2.32. The first-order chi connectivity index (χ1) is 15.5. The molecule has 0 radical (unpaired) electrons. The molecule has 0 aromatic carbocycles. The van der Waals surface area contributed by atoms with Crippen LogP contribution in [-0.4, -0.2) is 41.8 Å². The van der Waals surface area contributed by atoms with E-state index in [4.69, 9.17) is 4.42 Å². The van der Waals surface area contributed by atoms with Crippen molar-refractivity contribution in [2.24, 2.45) is 5.92 Å². The molecule has 0 spiro atoms. The highest BCUT2D eigenvalue weighted by atomic mass is 32.1. The molecule has 1 atom stereocenters. The van der Waals surface area contributed by atoms with Gasteiger partial charge in [0.1, 0.15) is 5.76 Å². The van der Waals surface area contributed by atoms with Crippen molar-refractivity contribution in [2.75, 3.05) is 13.1 Å². The predicted molar refractivity (Wildman–Crippen MR) is 124 cm³/mol. The zero-order valence-electron chi connectivity index (χ0n) is 18.8. The summed E-state index contributed by atoms with van der Waals surface area (Å²) >= 11 is 1.32. The minimum Gasteiger partial charge on any atom is -0.467 e. The van der Waals surface area contributed by atoms with Crippen LogP contribution in [0.1, 0.15) is 73.8 Å². The number of furan rings is 1. The fraction of sp³-hybridized carbons (Fsp3) is 0.542. The van der Waals surface area contributed by atoms with Crippen molar-refractivity contribution in [1.29, 1.82) is 0 Å². The van der Waals surface area contributed by atoms with Gasteiger partial charge >= 0.3 is 0 Å². The van der Waals surface area contributed by atoms with Crippen LogP contribution >= 0.6 is 11.3 Å². The van der Waals surface area contributed by atoms with E-state index in [9.17, 15) is 14.4 Å². The average Bonchev–Trinajstić information content (AvgIpc) is 3.49. The highest BCUT2D eigenvalue weighted by Crippen LogP contribution is 2.25. The molecule has 2 heterocycles. The molecule has 0 aliphatic heterocycles. The number of hydrogen-bond donors (Lipinski definition) is 2. The zero-order valence-corrected chi connectivity index (χ0v) is 19.7. The van der Waals surface area contributed by atoms with Gasteiger partial charge in [0, 0.05) is 12.6 Å². The van der Waals surface area contributed by atoms with Crippen molar-refractivity contribution in [1.82, 2.24) is 15.5 Å². The standard InChI is InChI=1S/C24H33N3O4S/c1-17(2)12-13-27(21(28)16-25-23(29)20-11-7-15-32-20)22(19-10-6-14-31-19)24(30)26-18-8-4-3-5-9-18/h6-7,10-11,14-15,17-18,22H,3-5,8-9,12-13,16H2,1-2H3,(H,25,29)(H,26,30). The van der Waals surface area contributed by atoms with Gasteiger partial charge in [0.15, 0.2) is 6.04 Å². The number of carbonyl (C=O) groups is 3. The summed E-state index contributed by atoms with van der Waals surface area (Å²) in [5.41, 5.74) is 0. The van der Waals surface area contributed by atoms with E-state index < -0.39 is 6.04 Å². The third-order valence-corrected chi connectivity index (χ3v) is 6.61. The van der Waals surface area contributed by atoms with E-state index in [1.165, 1.54) is 24.0 Å². The quantitative estimate of drug-likeness (QED) is 0.559. The fourth-order valence-electron chi connectivity index (χ4n) is 3.95. The summed E-state index contributed by atoms with van der Waals surface area (Å²) < 4.78 is 5.59. The van der Waals surface area contributed by atoms with Crippen LogP contribution in [0.2, 0.25) is 0 Å². The van der Waals surface area contributed by atoms with Crippen molar-refractivity contribution < 1.29 is 18.8 Å². The van der Waals surface area contributed by atoms with E-state index in [-0.39, 0.29) is 30.3 Å². The second-order valence-corrected chi connectivity index (χ2v) is 9.64. The third kappa shape index (κ3) is 6.69. The number of amides is 3. The van der Waals surface area contributed by atoms with Crippen LogP contribution in [0.25, 0.3) is 0 Å². The Morgan fingerprint density at radius 1 is 1.16 bits per heavy atom. The Labute approximate surface area is 193 Å². The van der Waals surface area contributed by atoms with Gasteiger partial charge in [-0.1, -0.05) is 39.2 Å². The lowest BCUT2D eigenvalue weighted by atomic mass is 9.95. The van der Waals surface area contributed by atoms with Gasteiger partial charge in [-0.25, -0.2) is 0 Å². The van der Waals surface area contributed by atoms with Crippen LogP contribution in [-0.2, 0) is 9.59 Å². The maximum atomic E-state index is 13.4. The Morgan fingerprint density at radius 2 is 1.94 bits per heavy atom. The molecule has 1 fully saturated rings. The summed E-state index contributed by atoms with van der Waals surface area (Å²) in [5, 5.41) is 7.64. The lowest BCUT2D eigenvalue weighted by molar-refractivity contribution is -0.141. The van der Waals surface area contributed by atoms with E-state index in [1.54, 1.807) is 29.2 Å². The molecule has 2 N–H and O–H groups in total. The van der Waals surface area contributed by atoms with E-state index in [2.05, 4.69) is 24.5 Å². The average molecular weight is 460 g/mol. The third-order valence-electron chi connectivity index (χ3n) is 5.74. The molecule has 8 heteroatoms. The Kier molecular flexibility index (Phi) is 8.90. The van der Waals surface area contributed by atoms with Crippen LogP contribution in [0.15, 0.2) is 40.3 Å². The lowest BCUT2D eigenvalue weighted by Crippen LogP contribution is -2.49. The molecule has 2 aromatic heterocycles. The first-order valence-corrected chi connectivity index (χ1v) is 12.3. The SMILES string of the molecule is CC(C)CCN(C(=O)CNC(=O)c1cccs1)C(C(=O)NC1CCCCC1)c1ccco1. The van der Waals surface area contributed by atoms with E-state index >= 15 is 0 Å². The number of hydrogen-bond acceptors (Lipinski definition) is 5. The van der Waals surface area contributed by atoms with Gasteiger partial charge in [-0.3, -0.25) is 14.4 Å². The number of nitrogens with zero attached hydrogens (tertiary/aromatic N) is 1. The Bertz CT molecular complexity index is 858. The molecule has 0 saturated heterocycles. The van der Waals surface area contributed by atoms with Crippen molar-refractivity contribution >= 4 is 29.1 Å². The van der Waals surface area contributed by atoms with Gasteiger partial charge in [0.2, 0.25) is 5.91 Å². The van der Waals surface area contributed by atoms with Gasteiger partial charge < -0.3 is 20.0 Å². The molecular weight excluding hydrogens is 426 g/mol. The molecule has 2 aromatic rings. The minimum absolute atomic E-state index is 0.120. The van der Waals surface area contributed by atoms with Crippen molar-refractivity contribution in [3.05, 3.63) is 46.5 Å². The topological polar surface area (TPSA) is 91.7 Å². The largest absolute Gasteiger partial charge is 0.467 e. The predicted octanol–water partition coefficient (Wildman–Crippen LogP) is 4.14. The first-order valence-electron chi connectivity index (χ1n) is 11.4. The van der Waals surface area contributed by atoms with Crippen LogP contribution < -0.4 is 10.6 Å². The number of rotatable bonds is 10. The molecule has 32 heavy (non-hydrogen) atoms. The molecule has 1 unspecified atom stereocenters. The Morgan fingerprint density at radius 3 is 2.56 bits per heavy atom. The molecule has 174 valence electrons. The van der Waals surface area contributed by atoms with Crippen molar-refractivity contribution in [3.8, 4) is 0 Å². The highest BCUT2D eigenvalue weighted by molar-refractivity contribution is 7.12. The monoisotopic (exact) mass is 459 g/mol. The van der Waals surface area contributed by atoms with Gasteiger partial charge in [-0.15, -0.1) is 11.3 Å². The molecule has 3 amide bonds. The van der Waals surface area contributed by atoms with Crippen LogP contribution in [0, 0.1) is 5.92 Å². The van der Waals surface area contributed by atoms with E-state index in [0.29, 0.717) is 23.1 Å². The molecule has 1 aliphatic carbocycles. The summed E-state index contributed by atoms with van der Waals surface area (Å²) in [4.78, 5) is 41.0. The second kappa shape index (κ2) is 11.9. The van der Waals surface area contributed by atoms with Gasteiger partial charge in [-0.05, 0) is 48.8 Å². The highest BCUT2D eigenvalue weighted by Gasteiger charge is 2.34. The summed E-state index contributed by atoms with van der Waals surface area (Å²) in [6.45, 7) is 4.37. The molecule has 1 aliphatic rings.